The van der Waals surface area contributed by atoms with E-state index in [2.05, 4.69) is 30.7 Å². The standard InChI is InChI=1S/C18H11BrF6N2O5/c1-31-16(30)15(29)26-9-4-2-3-8(5-9)14(28)27-13-11(17(20,21)22)6-10(7-12(13)19)32-18(23,24)25/h2-7H,1H3,(H,26,29)(H,27,28). The smallest absolute Gasteiger partial charge is 0.462 e. The van der Waals surface area contributed by atoms with Crippen LogP contribution in [0.25, 0.3) is 0 Å². The molecule has 0 aromatic heterocycles. The Kier molecular flexibility index (Phi) is 7.38. The Hall–Kier alpha value is -3.29. The van der Waals surface area contributed by atoms with Crippen LogP contribution in [0.1, 0.15) is 15.9 Å². The Morgan fingerprint density at radius 1 is 0.969 bits per heavy atom. The molecule has 0 aliphatic heterocycles. The lowest BCUT2D eigenvalue weighted by Crippen LogP contribution is -2.24. The van der Waals surface area contributed by atoms with E-state index in [4.69, 9.17) is 0 Å². The van der Waals surface area contributed by atoms with Gasteiger partial charge in [-0.05, 0) is 46.3 Å². The van der Waals surface area contributed by atoms with Crippen molar-refractivity contribution in [2.75, 3.05) is 17.7 Å². The minimum Gasteiger partial charge on any atom is -0.462 e. The van der Waals surface area contributed by atoms with E-state index in [0.717, 1.165) is 13.2 Å². The monoisotopic (exact) mass is 528 g/mol. The molecule has 0 unspecified atom stereocenters. The first-order valence-electron chi connectivity index (χ1n) is 8.18. The number of hydrogen-bond acceptors (Lipinski definition) is 5. The van der Waals surface area contributed by atoms with Gasteiger partial charge in [0, 0.05) is 15.7 Å². The summed E-state index contributed by atoms with van der Waals surface area (Å²) in [7, 11) is 0.965. The van der Waals surface area contributed by atoms with Crippen LogP contribution in [-0.4, -0.2) is 31.3 Å². The van der Waals surface area contributed by atoms with Gasteiger partial charge in [-0.2, -0.15) is 13.2 Å². The number of alkyl halides is 6. The van der Waals surface area contributed by atoms with Crippen LogP contribution in [0.15, 0.2) is 40.9 Å². The van der Waals surface area contributed by atoms with Gasteiger partial charge in [-0.15, -0.1) is 13.2 Å². The Morgan fingerprint density at radius 2 is 1.62 bits per heavy atom. The molecule has 0 spiro atoms. The van der Waals surface area contributed by atoms with Crippen molar-refractivity contribution >= 4 is 45.1 Å². The molecule has 0 heterocycles. The number of nitrogens with one attached hydrogen (secondary N) is 2. The molecule has 32 heavy (non-hydrogen) atoms. The molecule has 2 rings (SSSR count). The molecule has 0 fully saturated rings. The summed E-state index contributed by atoms with van der Waals surface area (Å²) >= 11 is 2.70. The van der Waals surface area contributed by atoms with Gasteiger partial charge in [0.05, 0.1) is 18.4 Å². The molecule has 2 amide bonds. The maximum Gasteiger partial charge on any atom is 0.573 e. The summed E-state index contributed by atoms with van der Waals surface area (Å²) in [6, 6.07) is 5.48. The third kappa shape index (κ3) is 6.60. The summed E-state index contributed by atoms with van der Waals surface area (Å²) in [4.78, 5) is 35.2. The predicted octanol–water partition coefficient (Wildman–Crippen LogP) is 4.73. The van der Waals surface area contributed by atoms with Crippen molar-refractivity contribution in [1.82, 2.24) is 0 Å². The topological polar surface area (TPSA) is 93.7 Å². The lowest BCUT2D eigenvalue weighted by atomic mass is 10.1. The zero-order valence-electron chi connectivity index (χ0n) is 15.7. The molecular weight excluding hydrogens is 518 g/mol. The van der Waals surface area contributed by atoms with Gasteiger partial charge in [0.2, 0.25) is 0 Å². The Balaban J connectivity index is 2.36. The van der Waals surface area contributed by atoms with Crippen LogP contribution >= 0.6 is 15.9 Å². The molecule has 0 bridgehead atoms. The summed E-state index contributed by atoms with van der Waals surface area (Å²) in [5.41, 5.74) is -2.74. The van der Waals surface area contributed by atoms with Crippen molar-refractivity contribution < 1.29 is 50.2 Å². The second kappa shape index (κ2) is 9.46. The number of halogens is 7. The maximum absolute atomic E-state index is 13.4. The lowest BCUT2D eigenvalue weighted by molar-refractivity contribution is -0.274. The van der Waals surface area contributed by atoms with Gasteiger partial charge in [-0.1, -0.05) is 6.07 Å². The van der Waals surface area contributed by atoms with Crippen molar-refractivity contribution in [3.63, 3.8) is 0 Å². The van der Waals surface area contributed by atoms with Gasteiger partial charge in [-0.3, -0.25) is 9.59 Å². The second-order valence-electron chi connectivity index (χ2n) is 5.85. The first-order valence-corrected chi connectivity index (χ1v) is 8.97. The molecule has 2 aromatic rings. The molecule has 172 valence electrons. The summed E-state index contributed by atoms with van der Waals surface area (Å²) in [5.74, 6) is -4.62. The van der Waals surface area contributed by atoms with Crippen molar-refractivity contribution in [2.45, 2.75) is 12.5 Å². The van der Waals surface area contributed by atoms with Crippen LogP contribution in [0.2, 0.25) is 0 Å². The van der Waals surface area contributed by atoms with Crippen molar-refractivity contribution in [3.05, 3.63) is 52.0 Å². The molecule has 0 saturated carbocycles. The highest BCUT2D eigenvalue weighted by atomic mass is 79.9. The third-order valence-electron chi connectivity index (χ3n) is 3.59. The predicted molar refractivity (Wildman–Crippen MR) is 101 cm³/mol. The number of amides is 2. The highest BCUT2D eigenvalue weighted by molar-refractivity contribution is 9.10. The fraction of sp³-hybridized carbons (Fsp3) is 0.167. The molecule has 0 radical (unpaired) electrons. The van der Waals surface area contributed by atoms with E-state index in [9.17, 15) is 40.7 Å². The SMILES string of the molecule is COC(=O)C(=O)Nc1cccc(C(=O)Nc2c(Br)cc(OC(F)(F)F)cc2C(F)(F)F)c1. The van der Waals surface area contributed by atoms with Crippen LogP contribution in [0.4, 0.5) is 37.7 Å². The Morgan fingerprint density at radius 3 is 2.19 bits per heavy atom. The molecule has 0 atom stereocenters. The lowest BCUT2D eigenvalue weighted by Gasteiger charge is -2.18. The zero-order chi connectivity index (χ0) is 24.3. The van der Waals surface area contributed by atoms with Crippen LogP contribution < -0.4 is 15.4 Å². The van der Waals surface area contributed by atoms with E-state index >= 15 is 0 Å². The summed E-state index contributed by atoms with van der Waals surface area (Å²) in [6.07, 6.45) is -10.4. The van der Waals surface area contributed by atoms with Crippen molar-refractivity contribution in [2.24, 2.45) is 0 Å². The molecule has 14 heteroatoms. The van der Waals surface area contributed by atoms with Crippen LogP contribution in [0, 0.1) is 0 Å². The average Bonchev–Trinajstić information content (AvgIpc) is 2.67. The number of methoxy groups -OCH3 is 1. The summed E-state index contributed by atoms with van der Waals surface area (Å²) in [6.45, 7) is 0. The Labute approximate surface area is 183 Å². The third-order valence-corrected chi connectivity index (χ3v) is 4.22. The molecule has 2 N–H and O–H groups in total. The van der Waals surface area contributed by atoms with Crippen molar-refractivity contribution in [1.29, 1.82) is 0 Å². The quantitative estimate of drug-likeness (QED) is 0.340. The molecule has 0 aliphatic carbocycles. The molecule has 2 aromatic carbocycles. The van der Waals surface area contributed by atoms with E-state index in [1.807, 2.05) is 5.32 Å². The van der Waals surface area contributed by atoms with Crippen LogP contribution in [0.3, 0.4) is 0 Å². The number of anilines is 2. The number of rotatable bonds is 4. The second-order valence-corrected chi connectivity index (χ2v) is 6.71. The van der Waals surface area contributed by atoms with Crippen LogP contribution in [0.5, 0.6) is 5.75 Å². The molecular formula is C18H11BrF6N2O5. The number of hydrogen-bond donors (Lipinski definition) is 2. The first-order chi connectivity index (χ1) is 14.7. The highest BCUT2D eigenvalue weighted by Crippen LogP contribution is 2.42. The van der Waals surface area contributed by atoms with Gasteiger partial charge < -0.3 is 20.1 Å². The average molecular weight is 529 g/mol. The normalized spacial score (nSPS) is 11.5. The number of carbonyl (C=O) groups is 3. The minimum absolute atomic E-state index is 0.0444. The summed E-state index contributed by atoms with van der Waals surface area (Å²) < 4.78 is 84.6. The van der Waals surface area contributed by atoms with Gasteiger partial charge in [0.25, 0.3) is 5.91 Å². The largest absolute Gasteiger partial charge is 0.573 e. The Bertz CT molecular complexity index is 1060. The highest BCUT2D eigenvalue weighted by Gasteiger charge is 2.38. The number of esters is 1. The van der Waals surface area contributed by atoms with E-state index in [0.29, 0.717) is 6.07 Å². The van der Waals surface area contributed by atoms with E-state index in [1.54, 1.807) is 0 Å². The zero-order valence-corrected chi connectivity index (χ0v) is 17.2. The first kappa shape index (κ1) is 25.0. The van der Waals surface area contributed by atoms with E-state index in [1.165, 1.54) is 18.2 Å². The van der Waals surface area contributed by atoms with Gasteiger partial charge >= 0.3 is 24.4 Å². The van der Waals surface area contributed by atoms with Crippen molar-refractivity contribution in [3.8, 4) is 5.75 Å². The van der Waals surface area contributed by atoms with Gasteiger partial charge in [0.1, 0.15) is 5.75 Å². The molecule has 7 nitrogen and oxygen atoms in total. The summed E-state index contributed by atoms with van der Waals surface area (Å²) in [5, 5.41) is 4.08. The van der Waals surface area contributed by atoms with Gasteiger partial charge in [-0.25, -0.2) is 4.79 Å². The molecule has 0 aliphatic rings. The van der Waals surface area contributed by atoms with Gasteiger partial charge in [0.15, 0.2) is 0 Å². The number of benzene rings is 2. The maximum atomic E-state index is 13.4. The fourth-order valence-electron chi connectivity index (χ4n) is 2.32. The number of ether oxygens (including phenoxy) is 2. The minimum atomic E-state index is -5.23. The van der Waals surface area contributed by atoms with E-state index in [-0.39, 0.29) is 17.3 Å². The fourth-order valence-corrected chi connectivity index (χ4v) is 2.86. The molecule has 0 saturated heterocycles. The van der Waals surface area contributed by atoms with E-state index < -0.39 is 51.8 Å². The van der Waals surface area contributed by atoms with Crippen LogP contribution in [-0.2, 0) is 20.5 Å². The number of carbonyl (C=O) groups excluding carboxylic acids is 3.